The molecule has 3 rings (SSSR count). The number of anilines is 1. The topological polar surface area (TPSA) is 59.1 Å². The van der Waals surface area contributed by atoms with Gasteiger partial charge in [-0.2, -0.15) is 0 Å². The lowest BCUT2D eigenvalue weighted by Crippen LogP contribution is -2.50. The highest BCUT2D eigenvalue weighted by atomic mass is 19.1. The van der Waals surface area contributed by atoms with E-state index >= 15 is 0 Å². The first-order valence-corrected chi connectivity index (χ1v) is 8.77. The number of nitrogens with zero attached hydrogens (tertiary/aromatic N) is 2. The summed E-state index contributed by atoms with van der Waals surface area (Å²) in [5.74, 6) is -2.12. The van der Waals surface area contributed by atoms with Crippen LogP contribution in [0, 0.1) is 11.6 Å². The fraction of sp³-hybridized carbons (Fsp3) is 0.300. The average Bonchev–Trinajstić information content (AvgIpc) is 2.72. The van der Waals surface area contributed by atoms with Crippen LogP contribution in [0.25, 0.3) is 0 Å². The van der Waals surface area contributed by atoms with Gasteiger partial charge in [0.1, 0.15) is 5.82 Å². The molecule has 2 aromatic carbocycles. The van der Waals surface area contributed by atoms with Crippen LogP contribution in [0.1, 0.15) is 10.4 Å². The SMILES string of the molecule is COc1ccc(C(=O)OCC(=O)N2CCN(c3ccccc3F)CC2)cc1F. The molecule has 0 aromatic heterocycles. The lowest BCUT2D eigenvalue weighted by Gasteiger charge is -2.36. The summed E-state index contributed by atoms with van der Waals surface area (Å²) in [6, 6.07) is 10.2. The van der Waals surface area contributed by atoms with Crippen LogP contribution in [-0.4, -0.2) is 56.7 Å². The molecule has 0 atom stereocenters. The molecule has 0 aliphatic carbocycles. The van der Waals surface area contributed by atoms with Crippen molar-refractivity contribution in [3.8, 4) is 5.75 Å². The first-order chi connectivity index (χ1) is 13.5. The van der Waals surface area contributed by atoms with E-state index in [2.05, 4.69) is 0 Å². The zero-order chi connectivity index (χ0) is 20.1. The van der Waals surface area contributed by atoms with Crippen molar-refractivity contribution in [2.45, 2.75) is 0 Å². The van der Waals surface area contributed by atoms with Crippen molar-refractivity contribution in [2.24, 2.45) is 0 Å². The van der Waals surface area contributed by atoms with E-state index in [0.29, 0.717) is 31.9 Å². The van der Waals surface area contributed by atoms with Crippen molar-refractivity contribution in [1.82, 2.24) is 4.90 Å². The Balaban J connectivity index is 1.50. The molecule has 1 fully saturated rings. The molecule has 6 nitrogen and oxygen atoms in total. The van der Waals surface area contributed by atoms with Gasteiger partial charge in [-0.1, -0.05) is 12.1 Å². The highest BCUT2D eigenvalue weighted by Gasteiger charge is 2.23. The summed E-state index contributed by atoms with van der Waals surface area (Å²) < 4.78 is 37.3. The Morgan fingerprint density at radius 1 is 1.00 bits per heavy atom. The molecule has 2 aromatic rings. The Kier molecular flexibility index (Phi) is 6.08. The number of amides is 1. The van der Waals surface area contributed by atoms with Gasteiger partial charge in [0.05, 0.1) is 18.4 Å². The van der Waals surface area contributed by atoms with Crippen molar-refractivity contribution in [1.29, 1.82) is 0 Å². The molecule has 148 valence electrons. The number of esters is 1. The van der Waals surface area contributed by atoms with Crippen LogP contribution in [0.2, 0.25) is 0 Å². The molecular formula is C20H20F2N2O4. The molecule has 0 spiro atoms. The maximum Gasteiger partial charge on any atom is 0.338 e. The molecule has 0 N–H and O–H groups in total. The number of piperazine rings is 1. The van der Waals surface area contributed by atoms with Crippen LogP contribution in [0.15, 0.2) is 42.5 Å². The molecule has 8 heteroatoms. The van der Waals surface area contributed by atoms with Crippen LogP contribution in [-0.2, 0) is 9.53 Å². The lowest BCUT2D eigenvalue weighted by molar-refractivity contribution is -0.134. The molecule has 0 radical (unpaired) electrons. The van der Waals surface area contributed by atoms with Gasteiger partial charge in [-0.15, -0.1) is 0 Å². The van der Waals surface area contributed by atoms with E-state index in [1.807, 2.05) is 4.90 Å². The summed E-state index contributed by atoms with van der Waals surface area (Å²) in [5.41, 5.74) is 0.498. The first-order valence-electron chi connectivity index (χ1n) is 8.77. The molecule has 28 heavy (non-hydrogen) atoms. The van der Waals surface area contributed by atoms with Gasteiger partial charge in [-0.05, 0) is 30.3 Å². The number of hydrogen-bond donors (Lipinski definition) is 0. The first kappa shape index (κ1) is 19.6. The van der Waals surface area contributed by atoms with Crippen LogP contribution in [0.5, 0.6) is 5.75 Å². The summed E-state index contributed by atoms with van der Waals surface area (Å²) in [7, 11) is 1.32. The second-order valence-electron chi connectivity index (χ2n) is 6.24. The summed E-state index contributed by atoms with van der Waals surface area (Å²) in [5, 5.41) is 0. The second kappa shape index (κ2) is 8.69. The third-order valence-electron chi connectivity index (χ3n) is 4.54. The quantitative estimate of drug-likeness (QED) is 0.735. The molecule has 1 saturated heterocycles. The van der Waals surface area contributed by atoms with Gasteiger partial charge in [-0.25, -0.2) is 13.6 Å². The number of hydrogen-bond acceptors (Lipinski definition) is 5. The number of rotatable bonds is 5. The van der Waals surface area contributed by atoms with Gasteiger partial charge in [0.25, 0.3) is 5.91 Å². The number of carbonyl (C=O) groups excluding carboxylic acids is 2. The van der Waals surface area contributed by atoms with Crippen LogP contribution >= 0.6 is 0 Å². The zero-order valence-corrected chi connectivity index (χ0v) is 15.4. The number of methoxy groups -OCH3 is 1. The highest BCUT2D eigenvalue weighted by molar-refractivity contribution is 5.91. The Hall–Kier alpha value is -3.16. The van der Waals surface area contributed by atoms with Crippen molar-refractivity contribution >= 4 is 17.6 Å². The maximum absolute atomic E-state index is 13.9. The Bertz CT molecular complexity index is 867. The van der Waals surface area contributed by atoms with Crippen LogP contribution < -0.4 is 9.64 Å². The average molecular weight is 390 g/mol. The normalized spacial score (nSPS) is 14.0. The smallest absolute Gasteiger partial charge is 0.338 e. The predicted octanol–water partition coefficient (Wildman–Crippen LogP) is 2.48. The minimum absolute atomic E-state index is 0.00419. The fourth-order valence-corrected chi connectivity index (χ4v) is 3.00. The largest absolute Gasteiger partial charge is 0.494 e. The molecule has 1 aliphatic rings. The monoisotopic (exact) mass is 390 g/mol. The molecule has 1 aliphatic heterocycles. The van der Waals surface area contributed by atoms with Gasteiger partial charge in [0, 0.05) is 26.2 Å². The van der Waals surface area contributed by atoms with Gasteiger partial charge < -0.3 is 19.3 Å². The highest BCUT2D eigenvalue weighted by Crippen LogP contribution is 2.20. The Morgan fingerprint density at radius 3 is 2.36 bits per heavy atom. The van der Waals surface area contributed by atoms with E-state index in [0.717, 1.165) is 6.07 Å². The third-order valence-corrected chi connectivity index (χ3v) is 4.54. The second-order valence-corrected chi connectivity index (χ2v) is 6.24. The van der Waals surface area contributed by atoms with E-state index in [4.69, 9.17) is 9.47 Å². The summed E-state index contributed by atoms with van der Waals surface area (Å²) in [4.78, 5) is 27.7. The van der Waals surface area contributed by atoms with Crippen LogP contribution in [0.3, 0.4) is 0 Å². The van der Waals surface area contributed by atoms with Gasteiger partial charge in [-0.3, -0.25) is 4.79 Å². The lowest BCUT2D eigenvalue weighted by atomic mass is 10.2. The van der Waals surface area contributed by atoms with Gasteiger partial charge >= 0.3 is 5.97 Å². The van der Waals surface area contributed by atoms with Gasteiger partial charge in [0.15, 0.2) is 18.2 Å². The third kappa shape index (κ3) is 4.39. The van der Waals surface area contributed by atoms with E-state index in [1.165, 1.54) is 25.3 Å². The van der Waals surface area contributed by atoms with E-state index in [1.54, 1.807) is 23.1 Å². The van der Waals surface area contributed by atoms with Gasteiger partial charge in [0.2, 0.25) is 0 Å². The maximum atomic E-state index is 13.9. The summed E-state index contributed by atoms with van der Waals surface area (Å²) in [6.45, 7) is 1.30. The molecule has 0 bridgehead atoms. The number of halogens is 2. The van der Waals surface area contributed by atoms with Crippen molar-refractivity contribution in [3.63, 3.8) is 0 Å². The molecule has 0 saturated carbocycles. The standard InChI is InChI=1S/C20H20F2N2O4/c1-27-18-7-6-14(12-16(18)22)20(26)28-13-19(25)24-10-8-23(9-11-24)17-5-3-2-4-15(17)21/h2-7,12H,8-11,13H2,1H3. The molecular weight excluding hydrogens is 370 g/mol. The Labute approximate surface area is 161 Å². The van der Waals surface area contributed by atoms with Crippen LogP contribution in [0.4, 0.5) is 14.5 Å². The minimum Gasteiger partial charge on any atom is -0.494 e. The predicted molar refractivity (Wildman–Crippen MR) is 98.4 cm³/mol. The number of benzene rings is 2. The number of para-hydroxylation sites is 1. The number of ether oxygens (including phenoxy) is 2. The Morgan fingerprint density at radius 2 is 1.71 bits per heavy atom. The van der Waals surface area contributed by atoms with Crippen molar-refractivity contribution in [2.75, 3.05) is 44.8 Å². The summed E-state index contributed by atoms with van der Waals surface area (Å²) >= 11 is 0. The fourth-order valence-electron chi connectivity index (χ4n) is 3.00. The molecule has 1 amide bonds. The number of carbonyl (C=O) groups is 2. The van der Waals surface area contributed by atoms with E-state index in [9.17, 15) is 18.4 Å². The van der Waals surface area contributed by atoms with Crippen molar-refractivity contribution in [3.05, 3.63) is 59.7 Å². The summed E-state index contributed by atoms with van der Waals surface area (Å²) in [6.07, 6.45) is 0. The van der Waals surface area contributed by atoms with E-state index in [-0.39, 0.29) is 23.0 Å². The molecule has 0 unspecified atom stereocenters. The van der Waals surface area contributed by atoms with Crippen molar-refractivity contribution < 1.29 is 27.8 Å². The zero-order valence-electron chi connectivity index (χ0n) is 15.4. The molecule has 1 heterocycles. The van der Waals surface area contributed by atoms with E-state index < -0.39 is 18.4 Å². The minimum atomic E-state index is -0.792.